The fraction of sp³-hybridized carbons (Fsp3) is 0.500. The van der Waals surface area contributed by atoms with Crippen LogP contribution < -0.4 is 5.32 Å². The standard InChI is InChI=1S/C12H14ClN3O3/c1-12(2,7-3-4-7)15-11(17)8-5-10(13)14-6-9(8)16(18)19/h5-7H,3-4H2,1-2H3,(H,15,17). The Morgan fingerprint density at radius 1 is 1.58 bits per heavy atom. The lowest BCUT2D eigenvalue weighted by Gasteiger charge is -2.26. The van der Waals surface area contributed by atoms with Crippen LogP contribution in [0.1, 0.15) is 37.0 Å². The minimum atomic E-state index is -0.637. The maximum absolute atomic E-state index is 12.2. The third-order valence-electron chi connectivity index (χ3n) is 3.32. The summed E-state index contributed by atoms with van der Waals surface area (Å²) in [6.07, 6.45) is 3.13. The van der Waals surface area contributed by atoms with Crippen LogP contribution in [-0.2, 0) is 0 Å². The number of nitrogens with one attached hydrogen (secondary N) is 1. The molecular weight excluding hydrogens is 270 g/mol. The Labute approximate surface area is 115 Å². The van der Waals surface area contributed by atoms with E-state index in [0.29, 0.717) is 5.92 Å². The van der Waals surface area contributed by atoms with Gasteiger partial charge < -0.3 is 5.32 Å². The number of aromatic nitrogens is 1. The Hall–Kier alpha value is -1.69. The van der Waals surface area contributed by atoms with Gasteiger partial charge in [-0.3, -0.25) is 14.9 Å². The molecule has 1 fully saturated rings. The SMILES string of the molecule is CC(C)(NC(=O)c1cc(Cl)ncc1[N+](=O)[O-])C1CC1. The van der Waals surface area contributed by atoms with Gasteiger partial charge in [0.1, 0.15) is 16.9 Å². The number of amides is 1. The molecule has 7 heteroatoms. The minimum Gasteiger partial charge on any atom is -0.347 e. The molecule has 1 aliphatic rings. The second-order valence-corrected chi connectivity index (χ2v) is 5.62. The Kier molecular flexibility index (Phi) is 3.45. The van der Waals surface area contributed by atoms with E-state index in [1.807, 2.05) is 13.8 Å². The summed E-state index contributed by atoms with van der Waals surface area (Å²) in [6.45, 7) is 3.83. The minimum absolute atomic E-state index is 0.0555. The van der Waals surface area contributed by atoms with E-state index in [1.165, 1.54) is 6.07 Å². The first-order valence-corrected chi connectivity index (χ1v) is 6.31. The van der Waals surface area contributed by atoms with Crippen LogP contribution in [0.3, 0.4) is 0 Å². The summed E-state index contributed by atoms with van der Waals surface area (Å²) in [5, 5.41) is 13.8. The van der Waals surface area contributed by atoms with Crippen molar-refractivity contribution in [3.63, 3.8) is 0 Å². The molecule has 1 saturated carbocycles. The van der Waals surface area contributed by atoms with E-state index in [1.54, 1.807) is 0 Å². The number of halogens is 1. The van der Waals surface area contributed by atoms with Crippen LogP contribution in [0.4, 0.5) is 5.69 Å². The topological polar surface area (TPSA) is 85.1 Å². The third-order valence-corrected chi connectivity index (χ3v) is 3.53. The summed E-state index contributed by atoms with van der Waals surface area (Å²) in [4.78, 5) is 26.1. The lowest BCUT2D eigenvalue weighted by atomic mass is 9.98. The fourth-order valence-electron chi connectivity index (χ4n) is 2.02. The van der Waals surface area contributed by atoms with Gasteiger partial charge in [0.15, 0.2) is 0 Å². The molecule has 0 aliphatic heterocycles. The molecule has 0 unspecified atom stereocenters. The lowest BCUT2D eigenvalue weighted by Crippen LogP contribution is -2.45. The van der Waals surface area contributed by atoms with Gasteiger partial charge in [0.25, 0.3) is 11.6 Å². The van der Waals surface area contributed by atoms with Crippen LogP contribution in [0, 0.1) is 16.0 Å². The maximum atomic E-state index is 12.2. The van der Waals surface area contributed by atoms with Gasteiger partial charge in [-0.05, 0) is 38.7 Å². The van der Waals surface area contributed by atoms with Gasteiger partial charge in [0.2, 0.25) is 0 Å². The number of nitro groups is 1. The second kappa shape index (κ2) is 4.77. The molecular formula is C12H14ClN3O3. The number of hydrogen-bond donors (Lipinski definition) is 1. The quantitative estimate of drug-likeness (QED) is 0.523. The van der Waals surface area contributed by atoms with Gasteiger partial charge in [0, 0.05) is 5.54 Å². The number of pyridine rings is 1. The van der Waals surface area contributed by atoms with Crippen molar-refractivity contribution >= 4 is 23.2 Å². The predicted molar refractivity (Wildman–Crippen MR) is 70.2 cm³/mol. The van der Waals surface area contributed by atoms with Crippen molar-refractivity contribution < 1.29 is 9.72 Å². The van der Waals surface area contributed by atoms with Crippen LogP contribution >= 0.6 is 11.6 Å². The van der Waals surface area contributed by atoms with Crippen molar-refractivity contribution in [2.75, 3.05) is 0 Å². The van der Waals surface area contributed by atoms with Gasteiger partial charge in [-0.15, -0.1) is 0 Å². The zero-order valence-corrected chi connectivity index (χ0v) is 11.4. The molecule has 0 spiro atoms. The van der Waals surface area contributed by atoms with E-state index in [0.717, 1.165) is 19.0 Å². The molecule has 19 heavy (non-hydrogen) atoms. The highest BCUT2D eigenvalue weighted by Gasteiger charge is 2.39. The van der Waals surface area contributed by atoms with Crippen molar-refractivity contribution in [1.29, 1.82) is 0 Å². The van der Waals surface area contributed by atoms with Gasteiger partial charge in [0.05, 0.1) is 4.92 Å². The summed E-state index contributed by atoms with van der Waals surface area (Å²) >= 11 is 5.70. The molecule has 6 nitrogen and oxygen atoms in total. The molecule has 0 radical (unpaired) electrons. The number of nitrogens with zero attached hydrogens (tertiary/aromatic N) is 2. The van der Waals surface area contributed by atoms with E-state index >= 15 is 0 Å². The van der Waals surface area contributed by atoms with Crippen molar-refractivity contribution in [2.24, 2.45) is 5.92 Å². The monoisotopic (exact) mass is 283 g/mol. The van der Waals surface area contributed by atoms with Crippen LogP contribution in [0.5, 0.6) is 0 Å². The number of rotatable bonds is 4. The molecule has 2 rings (SSSR count). The van der Waals surface area contributed by atoms with E-state index in [9.17, 15) is 14.9 Å². The highest BCUT2D eigenvalue weighted by atomic mass is 35.5. The number of carbonyl (C=O) groups is 1. The first-order valence-electron chi connectivity index (χ1n) is 5.93. The largest absolute Gasteiger partial charge is 0.347 e. The normalized spacial score (nSPS) is 15.1. The van der Waals surface area contributed by atoms with E-state index < -0.39 is 10.8 Å². The van der Waals surface area contributed by atoms with Crippen molar-refractivity contribution in [2.45, 2.75) is 32.2 Å². The fourth-order valence-corrected chi connectivity index (χ4v) is 2.17. The molecule has 102 valence electrons. The number of carbonyl (C=O) groups excluding carboxylic acids is 1. The average Bonchev–Trinajstić information content (AvgIpc) is 3.11. The zero-order chi connectivity index (χ0) is 14.2. The molecule has 1 heterocycles. The van der Waals surface area contributed by atoms with Gasteiger partial charge in [-0.25, -0.2) is 4.98 Å². The average molecular weight is 284 g/mol. The van der Waals surface area contributed by atoms with Crippen molar-refractivity contribution in [3.05, 3.63) is 33.1 Å². The zero-order valence-electron chi connectivity index (χ0n) is 10.6. The molecule has 0 saturated heterocycles. The summed E-state index contributed by atoms with van der Waals surface area (Å²) in [7, 11) is 0. The van der Waals surface area contributed by atoms with Crippen LogP contribution in [-0.4, -0.2) is 21.4 Å². The molecule has 1 amide bonds. The first-order chi connectivity index (χ1) is 8.81. The summed E-state index contributed by atoms with van der Waals surface area (Å²) in [5.74, 6) is -0.0688. The molecule has 0 aromatic carbocycles. The third kappa shape index (κ3) is 3.01. The Morgan fingerprint density at radius 3 is 2.74 bits per heavy atom. The number of hydrogen-bond acceptors (Lipinski definition) is 4. The Morgan fingerprint density at radius 2 is 2.21 bits per heavy atom. The van der Waals surface area contributed by atoms with Crippen molar-refractivity contribution in [3.8, 4) is 0 Å². The molecule has 0 bridgehead atoms. The Bertz CT molecular complexity index is 541. The summed E-state index contributed by atoms with van der Waals surface area (Å²) in [6, 6.07) is 1.22. The molecule has 1 N–H and O–H groups in total. The van der Waals surface area contributed by atoms with Gasteiger partial charge in [-0.2, -0.15) is 0 Å². The maximum Gasteiger partial charge on any atom is 0.300 e. The summed E-state index contributed by atoms with van der Waals surface area (Å²) < 4.78 is 0. The second-order valence-electron chi connectivity index (χ2n) is 5.23. The predicted octanol–water partition coefficient (Wildman–Crippen LogP) is 2.56. The van der Waals surface area contributed by atoms with E-state index in [4.69, 9.17) is 11.6 Å². The van der Waals surface area contributed by atoms with Gasteiger partial charge in [-0.1, -0.05) is 11.6 Å². The highest BCUT2D eigenvalue weighted by Crippen LogP contribution is 2.39. The van der Waals surface area contributed by atoms with Crippen molar-refractivity contribution in [1.82, 2.24) is 10.3 Å². The Balaban J connectivity index is 2.27. The van der Waals surface area contributed by atoms with E-state index in [-0.39, 0.29) is 21.9 Å². The molecule has 0 atom stereocenters. The van der Waals surface area contributed by atoms with Crippen LogP contribution in [0.25, 0.3) is 0 Å². The van der Waals surface area contributed by atoms with Gasteiger partial charge >= 0.3 is 0 Å². The highest BCUT2D eigenvalue weighted by molar-refractivity contribution is 6.29. The lowest BCUT2D eigenvalue weighted by molar-refractivity contribution is -0.385. The summed E-state index contributed by atoms with van der Waals surface area (Å²) in [5.41, 5.74) is -0.770. The molecule has 1 aromatic heterocycles. The first kappa shape index (κ1) is 13.7. The van der Waals surface area contributed by atoms with Crippen LogP contribution in [0.15, 0.2) is 12.3 Å². The molecule has 1 aliphatic carbocycles. The van der Waals surface area contributed by atoms with Crippen LogP contribution in [0.2, 0.25) is 5.15 Å². The van der Waals surface area contributed by atoms with E-state index in [2.05, 4.69) is 10.3 Å². The smallest absolute Gasteiger partial charge is 0.300 e. The molecule has 1 aromatic rings.